The Hall–Kier alpha value is -10.5. The number of rotatable bonds is 32. The number of H-pyrrole nitrogens is 2. The second-order valence-electron chi connectivity index (χ2n) is 27.4. The lowest BCUT2D eigenvalue weighted by Gasteiger charge is -2.19. The number of ether oxygens (including phenoxy) is 8. The van der Waals surface area contributed by atoms with Crippen molar-refractivity contribution in [2.75, 3.05) is 52.9 Å². The van der Waals surface area contributed by atoms with Gasteiger partial charge in [-0.15, -0.1) is 0 Å². The van der Waals surface area contributed by atoms with Crippen molar-refractivity contribution in [3.05, 3.63) is 121 Å². The minimum absolute atomic E-state index is 0.344. The highest BCUT2D eigenvalue weighted by molar-refractivity contribution is 6.23. The number of unbranched alkanes of at least 4 members (excludes halogenated alkanes) is 8. The number of nitrogens with one attached hydrogen (secondary N) is 2. The van der Waals surface area contributed by atoms with Gasteiger partial charge in [0.15, 0.2) is 23.3 Å². The average Bonchev–Trinajstić information content (AvgIpc) is 1.51. The van der Waals surface area contributed by atoms with Crippen molar-refractivity contribution >= 4 is 109 Å². The van der Waals surface area contributed by atoms with Crippen molar-refractivity contribution in [3.8, 4) is 91.5 Å². The summed E-state index contributed by atoms with van der Waals surface area (Å²) in [6.45, 7) is 20.9. The molecule has 104 heavy (non-hydrogen) atoms. The van der Waals surface area contributed by atoms with Crippen LogP contribution in [0.15, 0.2) is 121 Å². The van der Waals surface area contributed by atoms with E-state index in [4.69, 9.17) is 67.8 Å². The standard InChI is InChI=1S/C88H94N8O8/c1-9-17-41-97-73-57-37-29-30-38-58(57)74(98-42-18-10-2)66-65(73)81-89-82(66)92-86-71-72(80(104-48-24-16-8)64-52-56-36-28-27-35-55(56)51-63(64)79(71)103-47-23-15-7)88(96-86)94-84-68-67(75(99-43-19-11-3)59-39-31-32-40-60(59)76(68)100-44-20-12-4)83(90-84)93-87-70-69(85(91-81)95-87)77(101-45-21-13-5)61-49-53-33-25-26-34-54(53)50-62(61)78(70)102-46-22-14-6/h25-40,49-52H,9-24,41-48H2,1-8H3,(H2,89,90,91,92,93,94,95,96). The third-order valence-electron chi connectivity index (χ3n) is 20.0. The van der Waals surface area contributed by atoms with E-state index >= 15 is 0 Å². The first-order chi connectivity index (χ1) is 51.3. The fourth-order valence-corrected chi connectivity index (χ4v) is 14.5. The molecule has 10 aromatic carbocycles. The summed E-state index contributed by atoms with van der Waals surface area (Å²) in [5.74, 6) is 6.41. The van der Waals surface area contributed by atoms with Gasteiger partial charge in [-0.05, 0) is 97.2 Å². The fourth-order valence-electron chi connectivity index (χ4n) is 14.5. The van der Waals surface area contributed by atoms with E-state index in [2.05, 4.69) is 187 Å². The lowest BCUT2D eigenvalue weighted by atomic mass is 9.95. The zero-order valence-electron chi connectivity index (χ0n) is 61.5. The number of fused-ring (bicyclic) bond motifs is 26. The van der Waals surface area contributed by atoms with Crippen LogP contribution in [0.2, 0.25) is 0 Å². The van der Waals surface area contributed by atoms with E-state index in [1.54, 1.807) is 0 Å². The van der Waals surface area contributed by atoms with Gasteiger partial charge in [0.2, 0.25) is 0 Å². The molecule has 5 heterocycles. The molecular weight excluding hydrogens is 1300 g/mol. The van der Waals surface area contributed by atoms with Crippen molar-refractivity contribution < 1.29 is 37.9 Å². The van der Waals surface area contributed by atoms with Crippen LogP contribution < -0.4 is 37.9 Å². The van der Waals surface area contributed by atoms with E-state index < -0.39 is 0 Å². The van der Waals surface area contributed by atoms with Crippen molar-refractivity contribution in [1.29, 1.82) is 0 Å². The maximum atomic E-state index is 7.32. The molecule has 0 fully saturated rings. The van der Waals surface area contributed by atoms with Gasteiger partial charge in [0.1, 0.15) is 68.6 Å². The van der Waals surface area contributed by atoms with Crippen LogP contribution >= 0.6 is 0 Å². The molecule has 3 aromatic heterocycles. The molecule has 2 N–H and O–H groups in total. The van der Waals surface area contributed by atoms with Gasteiger partial charge < -0.3 is 47.9 Å². The summed E-state index contributed by atoms with van der Waals surface area (Å²) in [5, 5.41) is 13.8. The third kappa shape index (κ3) is 12.9. The summed E-state index contributed by atoms with van der Waals surface area (Å²) < 4.78 is 58.2. The molecule has 0 unspecified atom stereocenters. The van der Waals surface area contributed by atoms with E-state index in [9.17, 15) is 0 Å². The summed E-state index contributed by atoms with van der Waals surface area (Å²) in [5.41, 5.74) is 4.28. The Morgan fingerprint density at radius 2 is 0.423 bits per heavy atom. The van der Waals surface area contributed by atoms with Crippen LogP contribution in [-0.4, -0.2) is 92.7 Å². The molecule has 16 heteroatoms. The topological polar surface area (TPSA) is 183 Å². The SMILES string of the molecule is CCCCOc1c2c(c(OCCCC)c3cc4ccccc4cc13)-c1nc-2nc2[nH]c(nc3nc(nc4[nH]c(n1)c1c(OCCCC)c5ccccc5c(OCCCC)c41)-c1c-3c(OCCCC)c3cc4ccccc4cc3c1OCCCC)c1c(OCCCC)c3ccccc3c(OCCCC)c21. The molecular formula is C88H94N8O8. The highest BCUT2D eigenvalue weighted by Crippen LogP contribution is 2.57. The Bertz CT molecular complexity index is 4900. The van der Waals surface area contributed by atoms with E-state index in [-0.39, 0.29) is 0 Å². The third-order valence-corrected chi connectivity index (χ3v) is 20.0. The molecule has 0 spiro atoms. The maximum absolute atomic E-state index is 7.32. The van der Waals surface area contributed by atoms with E-state index in [1.165, 1.54) is 0 Å². The van der Waals surface area contributed by atoms with E-state index in [0.717, 1.165) is 167 Å². The van der Waals surface area contributed by atoms with Gasteiger partial charge in [-0.1, -0.05) is 204 Å². The quantitative estimate of drug-likeness (QED) is 0.0300. The number of aromatic amines is 2. The molecule has 0 radical (unpaired) electrons. The van der Waals surface area contributed by atoms with Crippen LogP contribution in [0, 0.1) is 0 Å². The predicted molar refractivity (Wildman–Crippen MR) is 424 cm³/mol. The molecule has 534 valence electrons. The van der Waals surface area contributed by atoms with Gasteiger partial charge >= 0.3 is 0 Å². The molecule has 13 aromatic rings. The lowest BCUT2D eigenvalue weighted by molar-refractivity contribution is 0.308. The van der Waals surface area contributed by atoms with Crippen LogP contribution in [0.1, 0.15) is 158 Å². The minimum Gasteiger partial charge on any atom is -0.492 e. The Morgan fingerprint density at radius 3 is 0.625 bits per heavy atom. The number of hydrogen-bond acceptors (Lipinski definition) is 14. The Kier molecular flexibility index (Phi) is 20.8. The number of hydrogen-bond donors (Lipinski definition) is 2. The first-order valence-corrected chi connectivity index (χ1v) is 38.4. The molecule has 0 atom stereocenters. The summed E-state index contributed by atoms with van der Waals surface area (Å²) in [6.07, 6.45) is 13.8. The minimum atomic E-state index is 0.344. The van der Waals surface area contributed by atoms with Gasteiger partial charge in [0.05, 0.1) is 96.7 Å². The smallest absolute Gasteiger partial charge is 0.168 e. The number of nitrogens with zero attached hydrogens (tertiary/aromatic N) is 6. The highest BCUT2D eigenvalue weighted by atomic mass is 16.5. The molecule has 2 aliphatic heterocycles. The number of benzene rings is 10. The van der Waals surface area contributed by atoms with Crippen molar-refractivity contribution in [2.24, 2.45) is 0 Å². The number of aromatic nitrogens is 8. The van der Waals surface area contributed by atoms with Gasteiger partial charge in [0, 0.05) is 43.1 Å². The molecule has 0 amide bonds. The lowest BCUT2D eigenvalue weighted by Crippen LogP contribution is -2.04. The van der Waals surface area contributed by atoms with Crippen LogP contribution in [0.3, 0.4) is 0 Å². The van der Waals surface area contributed by atoms with E-state index in [1.807, 2.05) is 0 Å². The van der Waals surface area contributed by atoms with Crippen LogP contribution in [0.5, 0.6) is 46.0 Å². The van der Waals surface area contributed by atoms with Crippen molar-refractivity contribution in [2.45, 2.75) is 158 Å². The Labute approximate surface area is 607 Å². The molecule has 0 aliphatic carbocycles. The largest absolute Gasteiger partial charge is 0.492 e. The van der Waals surface area contributed by atoms with Crippen LogP contribution in [-0.2, 0) is 0 Å². The molecule has 8 bridgehead atoms. The Morgan fingerprint density at radius 1 is 0.231 bits per heavy atom. The predicted octanol–water partition coefficient (Wildman–Crippen LogP) is 23.2. The monoisotopic (exact) mass is 1390 g/mol. The van der Waals surface area contributed by atoms with Gasteiger partial charge in [-0.2, -0.15) is 0 Å². The van der Waals surface area contributed by atoms with Gasteiger partial charge in [-0.25, -0.2) is 29.9 Å². The van der Waals surface area contributed by atoms with Crippen molar-refractivity contribution in [3.63, 3.8) is 0 Å². The molecule has 16 nitrogen and oxygen atoms in total. The fraction of sp³-hybridized carbons (Fsp3) is 0.364. The molecule has 2 aliphatic rings. The normalized spacial score (nSPS) is 12.0. The molecule has 0 saturated carbocycles. The summed E-state index contributed by atoms with van der Waals surface area (Å²) in [4.78, 5) is 43.2. The summed E-state index contributed by atoms with van der Waals surface area (Å²) in [6, 6.07) is 42.5. The molecule has 15 rings (SSSR count). The summed E-state index contributed by atoms with van der Waals surface area (Å²) >= 11 is 0. The first kappa shape index (κ1) is 69.2. The average molecular weight is 1390 g/mol. The first-order valence-electron chi connectivity index (χ1n) is 38.4. The summed E-state index contributed by atoms with van der Waals surface area (Å²) in [7, 11) is 0. The zero-order chi connectivity index (χ0) is 71.2. The van der Waals surface area contributed by atoms with Gasteiger partial charge in [-0.3, -0.25) is 0 Å². The second kappa shape index (κ2) is 31.2. The molecule has 0 saturated heterocycles. The zero-order valence-corrected chi connectivity index (χ0v) is 61.5. The Balaban J connectivity index is 1.22. The highest BCUT2D eigenvalue weighted by Gasteiger charge is 2.36. The van der Waals surface area contributed by atoms with E-state index in [0.29, 0.717) is 189 Å². The van der Waals surface area contributed by atoms with Crippen LogP contribution in [0.25, 0.3) is 154 Å². The second-order valence-corrected chi connectivity index (χ2v) is 27.4. The van der Waals surface area contributed by atoms with Crippen molar-refractivity contribution in [1.82, 2.24) is 39.9 Å². The maximum Gasteiger partial charge on any atom is 0.168 e. The van der Waals surface area contributed by atoms with Gasteiger partial charge in [0.25, 0.3) is 0 Å². The van der Waals surface area contributed by atoms with Crippen LogP contribution in [0.4, 0.5) is 0 Å².